The molecule has 1 aliphatic heterocycles. The number of rotatable bonds is 2. The van der Waals surface area contributed by atoms with Crippen LogP contribution in [0.4, 0.5) is 5.69 Å². The number of hydrogen-bond donors (Lipinski definition) is 1. The largest absolute Gasteiger partial charge is 0.387 e. The summed E-state index contributed by atoms with van der Waals surface area (Å²) < 4.78 is 25.2. The summed E-state index contributed by atoms with van der Waals surface area (Å²) in [7, 11) is -3.36. The predicted octanol–water partition coefficient (Wildman–Crippen LogP) is 1.28. The number of aliphatic hydroxyl groups excluding tert-OH is 1. The summed E-state index contributed by atoms with van der Waals surface area (Å²) in [4.78, 5) is 0. The molecule has 1 unspecified atom stereocenters. The molecule has 0 aliphatic carbocycles. The van der Waals surface area contributed by atoms with Crippen LogP contribution in [0.15, 0.2) is 24.3 Å². The molecule has 16 heavy (non-hydrogen) atoms. The molecule has 0 aromatic heterocycles. The van der Waals surface area contributed by atoms with Crippen molar-refractivity contribution in [3.63, 3.8) is 0 Å². The molecule has 0 saturated carbocycles. The van der Waals surface area contributed by atoms with Crippen LogP contribution in [0.1, 0.15) is 25.0 Å². The first-order valence-electron chi connectivity index (χ1n) is 5.33. The van der Waals surface area contributed by atoms with E-state index in [0.717, 1.165) is 6.42 Å². The first-order valence-corrected chi connectivity index (χ1v) is 6.94. The summed E-state index contributed by atoms with van der Waals surface area (Å²) in [6, 6.07) is 7.11. The zero-order valence-corrected chi connectivity index (χ0v) is 9.94. The average molecular weight is 241 g/mol. The predicted molar refractivity (Wildman–Crippen MR) is 62.8 cm³/mol. The molecular weight excluding hydrogens is 226 g/mol. The normalized spacial score (nSPS) is 22.9. The zero-order chi connectivity index (χ0) is 11.8. The Bertz CT molecular complexity index is 484. The Morgan fingerprint density at radius 1 is 1.44 bits per heavy atom. The van der Waals surface area contributed by atoms with E-state index < -0.39 is 16.1 Å². The highest BCUT2D eigenvalue weighted by Crippen LogP contribution is 2.34. The number of hydrogen-bond acceptors (Lipinski definition) is 3. The SMILES string of the molecule is CCCN1c2ccccc2C(O)CS1(=O)=O. The summed E-state index contributed by atoms with van der Waals surface area (Å²) in [6.45, 7) is 2.40. The first kappa shape index (κ1) is 11.4. The van der Waals surface area contributed by atoms with E-state index in [2.05, 4.69) is 0 Å². The monoisotopic (exact) mass is 241 g/mol. The lowest BCUT2D eigenvalue weighted by Crippen LogP contribution is -2.40. The Hall–Kier alpha value is -1.07. The Morgan fingerprint density at radius 3 is 2.81 bits per heavy atom. The van der Waals surface area contributed by atoms with Crippen molar-refractivity contribution >= 4 is 15.7 Å². The highest BCUT2D eigenvalue weighted by molar-refractivity contribution is 7.92. The first-order chi connectivity index (χ1) is 7.56. The van der Waals surface area contributed by atoms with E-state index >= 15 is 0 Å². The van der Waals surface area contributed by atoms with Crippen LogP contribution in [0.2, 0.25) is 0 Å². The third-order valence-corrected chi connectivity index (χ3v) is 4.48. The van der Waals surface area contributed by atoms with Gasteiger partial charge in [-0.2, -0.15) is 0 Å². The Morgan fingerprint density at radius 2 is 2.12 bits per heavy atom. The van der Waals surface area contributed by atoms with Gasteiger partial charge >= 0.3 is 0 Å². The molecule has 0 amide bonds. The minimum Gasteiger partial charge on any atom is -0.387 e. The Labute approximate surface area is 95.6 Å². The molecule has 1 aromatic carbocycles. The van der Waals surface area contributed by atoms with Gasteiger partial charge in [0.2, 0.25) is 10.0 Å². The lowest BCUT2D eigenvalue weighted by atomic mass is 10.1. The Kier molecular flexibility index (Phi) is 2.90. The van der Waals surface area contributed by atoms with Gasteiger partial charge in [0.05, 0.1) is 17.5 Å². The van der Waals surface area contributed by atoms with E-state index in [1.165, 1.54) is 4.31 Å². The van der Waals surface area contributed by atoms with Gasteiger partial charge in [-0.1, -0.05) is 25.1 Å². The van der Waals surface area contributed by atoms with Gasteiger partial charge in [-0.05, 0) is 12.5 Å². The lowest BCUT2D eigenvalue weighted by Gasteiger charge is -2.32. The van der Waals surface area contributed by atoms with E-state index in [1.54, 1.807) is 18.2 Å². The minimum atomic E-state index is -3.36. The van der Waals surface area contributed by atoms with Gasteiger partial charge in [0.25, 0.3) is 0 Å². The van der Waals surface area contributed by atoms with Crippen molar-refractivity contribution in [3.8, 4) is 0 Å². The Balaban J connectivity index is 2.54. The topological polar surface area (TPSA) is 57.6 Å². The highest BCUT2D eigenvalue weighted by atomic mass is 32.2. The van der Waals surface area contributed by atoms with Crippen LogP contribution in [0.25, 0.3) is 0 Å². The minimum absolute atomic E-state index is 0.218. The molecule has 1 atom stereocenters. The van der Waals surface area contributed by atoms with Gasteiger partial charge in [0, 0.05) is 12.1 Å². The van der Waals surface area contributed by atoms with Crippen molar-refractivity contribution in [2.75, 3.05) is 16.6 Å². The van der Waals surface area contributed by atoms with Gasteiger partial charge < -0.3 is 5.11 Å². The molecule has 0 bridgehead atoms. The van der Waals surface area contributed by atoms with Crippen molar-refractivity contribution in [3.05, 3.63) is 29.8 Å². The van der Waals surface area contributed by atoms with Gasteiger partial charge in [-0.15, -0.1) is 0 Å². The summed E-state index contributed by atoms with van der Waals surface area (Å²) in [5.74, 6) is -0.218. The molecule has 0 fully saturated rings. The van der Waals surface area contributed by atoms with E-state index in [9.17, 15) is 13.5 Å². The molecule has 2 rings (SSSR count). The fourth-order valence-electron chi connectivity index (χ4n) is 1.99. The molecule has 1 aromatic rings. The molecule has 88 valence electrons. The third kappa shape index (κ3) is 1.81. The van der Waals surface area contributed by atoms with Crippen LogP contribution >= 0.6 is 0 Å². The molecule has 5 heteroatoms. The fourth-order valence-corrected chi connectivity index (χ4v) is 3.67. The third-order valence-electron chi connectivity index (χ3n) is 2.70. The van der Waals surface area contributed by atoms with Crippen LogP contribution in [0, 0.1) is 0 Å². The van der Waals surface area contributed by atoms with Gasteiger partial charge in [0.15, 0.2) is 0 Å². The van der Waals surface area contributed by atoms with Crippen molar-refractivity contribution in [2.24, 2.45) is 0 Å². The number of aliphatic hydroxyl groups is 1. The van der Waals surface area contributed by atoms with E-state index in [1.807, 2.05) is 13.0 Å². The van der Waals surface area contributed by atoms with Crippen molar-refractivity contribution in [2.45, 2.75) is 19.4 Å². The van der Waals surface area contributed by atoms with Crippen LogP contribution in [-0.4, -0.2) is 25.8 Å². The van der Waals surface area contributed by atoms with Crippen LogP contribution in [-0.2, 0) is 10.0 Å². The van der Waals surface area contributed by atoms with Gasteiger partial charge in [0.1, 0.15) is 0 Å². The zero-order valence-electron chi connectivity index (χ0n) is 9.13. The molecule has 1 aliphatic rings. The van der Waals surface area contributed by atoms with Crippen LogP contribution in [0.5, 0.6) is 0 Å². The summed E-state index contributed by atoms with van der Waals surface area (Å²) in [6.07, 6.45) is -0.154. The van der Waals surface area contributed by atoms with Gasteiger partial charge in [-0.3, -0.25) is 4.31 Å². The second-order valence-electron chi connectivity index (χ2n) is 3.93. The summed E-state index contributed by atoms with van der Waals surface area (Å²) in [5.41, 5.74) is 1.31. The second kappa shape index (κ2) is 4.07. The number of anilines is 1. The summed E-state index contributed by atoms with van der Waals surface area (Å²) >= 11 is 0. The highest BCUT2D eigenvalue weighted by Gasteiger charge is 2.33. The number of fused-ring (bicyclic) bond motifs is 1. The van der Waals surface area contributed by atoms with Crippen LogP contribution in [0.3, 0.4) is 0 Å². The van der Waals surface area contributed by atoms with Crippen molar-refractivity contribution in [1.82, 2.24) is 0 Å². The maximum Gasteiger partial charge on any atom is 0.238 e. The van der Waals surface area contributed by atoms with Gasteiger partial charge in [-0.25, -0.2) is 8.42 Å². The molecular formula is C11H15NO3S. The van der Waals surface area contributed by atoms with E-state index in [-0.39, 0.29) is 5.75 Å². The average Bonchev–Trinajstić information content (AvgIpc) is 2.23. The van der Waals surface area contributed by atoms with Crippen molar-refractivity contribution in [1.29, 1.82) is 0 Å². The molecule has 1 heterocycles. The smallest absolute Gasteiger partial charge is 0.238 e. The van der Waals surface area contributed by atoms with Crippen molar-refractivity contribution < 1.29 is 13.5 Å². The molecule has 0 radical (unpaired) electrons. The number of nitrogens with zero attached hydrogens (tertiary/aromatic N) is 1. The van der Waals surface area contributed by atoms with E-state index in [4.69, 9.17) is 0 Å². The molecule has 0 saturated heterocycles. The summed E-state index contributed by atoms with van der Waals surface area (Å²) in [5, 5.41) is 9.78. The molecule has 4 nitrogen and oxygen atoms in total. The number of benzene rings is 1. The maximum atomic E-state index is 11.9. The number of sulfonamides is 1. The maximum absolute atomic E-state index is 11.9. The second-order valence-corrected chi connectivity index (χ2v) is 5.86. The molecule has 0 spiro atoms. The molecule has 1 N–H and O–H groups in total. The quantitative estimate of drug-likeness (QED) is 0.848. The standard InChI is InChI=1S/C11H15NO3S/c1-2-7-12-10-6-4-3-5-9(10)11(13)8-16(12,14)15/h3-6,11,13H,2,7-8H2,1H3. The van der Waals surface area contributed by atoms with Crippen LogP contribution < -0.4 is 4.31 Å². The lowest BCUT2D eigenvalue weighted by molar-refractivity contribution is 0.200. The number of para-hydroxylation sites is 1. The fraction of sp³-hybridized carbons (Fsp3) is 0.455. The van der Waals surface area contributed by atoms with E-state index in [0.29, 0.717) is 17.8 Å².